The van der Waals surface area contributed by atoms with Crippen LogP contribution in [0.5, 0.6) is 0 Å². The second kappa shape index (κ2) is 7.53. The molecule has 1 aromatic heterocycles. The van der Waals surface area contributed by atoms with Gasteiger partial charge in [0.15, 0.2) is 0 Å². The second-order valence-corrected chi connectivity index (χ2v) is 9.71. The molecule has 1 aromatic carbocycles. The number of hydrogen-bond acceptors (Lipinski definition) is 6. The number of nitrogens with one attached hydrogen (secondary N) is 1. The highest BCUT2D eigenvalue weighted by Crippen LogP contribution is 2.36. The van der Waals surface area contributed by atoms with Crippen LogP contribution in [-0.2, 0) is 9.31 Å². The van der Waals surface area contributed by atoms with Crippen molar-refractivity contribution < 1.29 is 9.31 Å². The van der Waals surface area contributed by atoms with E-state index in [4.69, 9.17) is 14.3 Å². The third kappa shape index (κ3) is 4.13. The first kappa shape index (κ1) is 20.6. The zero-order chi connectivity index (χ0) is 20.8. The van der Waals surface area contributed by atoms with Gasteiger partial charge in [-0.1, -0.05) is 12.1 Å². The summed E-state index contributed by atoms with van der Waals surface area (Å²) in [5.74, 6) is 0.717. The zero-order valence-corrected chi connectivity index (χ0v) is 18.5. The van der Waals surface area contributed by atoms with Crippen molar-refractivity contribution in [2.45, 2.75) is 76.7 Å². The Kier molecular flexibility index (Phi) is 5.34. The lowest BCUT2D eigenvalue weighted by molar-refractivity contribution is 0.00578. The van der Waals surface area contributed by atoms with Gasteiger partial charge in [-0.25, -0.2) is 9.97 Å². The standard InChI is InChI=1S/C22H33BN4O2/c1-21(2)22(3,4)29-23(28-21)16-7-12-19-15(13-16)14-24-20(26-19)25-17-8-10-18(11-9-17)27(5)6/h7,12-14,17-18H,8-11H2,1-6H3,(H,24,25,26). The summed E-state index contributed by atoms with van der Waals surface area (Å²) >= 11 is 0. The molecule has 0 bridgehead atoms. The molecule has 2 aliphatic rings. The third-order valence-corrected chi connectivity index (χ3v) is 6.89. The van der Waals surface area contributed by atoms with Gasteiger partial charge in [0, 0.05) is 23.7 Å². The summed E-state index contributed by atoms with van der Waals surface area (Å²) < 4.78 is 12.3. The van der Waals surface area contributed by atoms with Crippen molar-refractivity contribution in [2.75, 3.05) is 19.4 Å². The van der Waals surface area contributed by atoms with Crippen LogP contribution in [0.1, 0.15) is 53.4 Å². The molecule has 1 N–H and O–H groups in total. The van der Waals surface area contributed by atoms with Gasteiger partial charge in [-0.05, 0) is 79.0 Å². The Bertz CT molecular complexity index is 862. The molecular formula is C22H33BN4O2. The quantitative estimate of drug-likeness (QED) is 0.801. The number of benzene rings is 1. The van der Waals surface area contributed by atoms with Gasteiger partial charge in [-0.3, -0.25) is 0 Å². The van der Waals surface area contributed by atoms with Crippen molar-refractivity contribution in [2.24, 2.45) is 0 Å². The molecular weight excluding hydrogens is 363 g/mol. The van der Waals surface area contributed by atoms with Crippen LogP contribution in [0.25, 0.3) is 10.9 Å². The summed E-state index contributed by atoms with van der Waals surface area (Å²) in [6, 6.07) is 7.30. The molecule has 1 saturated carbocycles. The molecule has 156 valence electrons. The lowest BCUT2D eigenvalue weighted by Crippen LogP contribution is -2.41. The van der Waals surface area contributed by atoms with Crippen molar-refractivity contribution in [1.82, 2.24) is 14.9 Å². The fourth-order valence-electron chi connectivity index (χ4n) is 4.17. The van der Waals surface area contributed by atoms with E-state index in [1.165, 1.54) is 12.8 Å². The maximum atomic E-state index is 6.17. The molecule has 6 nitrogen and oxygen atoms in total. The van der Waals surface area contributed by atoms with E-state index in [0.717, 1.165) is 29.2 Å². The van der Waals surface area contributed by atoms with Gasteiger partial charge in [-0.15, -0.1) is 0 Å². The first-order valence-electron chi connectivity index (χ1n) is 10.7. The number of fused-ring (bicyclic) bond motifs is 1. The monoisotopic (exact) mass is 396 g/mol. The zero-order valence-electron chi connectivity index (χ0n) is 18.5. The van der Waals surface area contributed by atoms with E-state index in [2.05, 4.69) is 63.1 Å². The normalized spacial score (nSPS) is 26.2. The van der Waals surface area contributed by atoms with E-state index >= 15 is 0 Å². The van der Waals surface area contributed by atoms with Crippen LogP contribution >= 0.6 is 0 Å². The third-order valence-electron chi connectivity index (χ3n) is 6.89. The predicted octanol–water partition coefficient (Wildman–Crippen LogP) is 3.21. The summed E-state index contributed by atoms with van der Waals surface area (Å²) in [5, 5.41) is 4.53. The fraction of sp³-hybridized carbons (Fsp3) is 0.636. The minimum Gasteiger partial charge on any atom is -0.399 e. The highest BCUT2D eigenvalue weighted by molar-refractivity contribution is 6.62. The largest absolute Gasteiger partial charge is 0.494 e. The predicted molar refractivity (Wildman–Crippen MR) is 119 cm³/mol. The Morgan fingerprint density at radius 3 is 2.31 bits per heavy atom. The number of rotatable bonds is 4. The molecule has 1 saturated heterocycles. The number of nitrogens with zero attached hydrogens (tertiary/aromatic N) is 3. The molecule has 2 fully saturated rings. The molecule has 29 heavy (non-hydrogen) atoms. The Hall–Kier alpha value is -1.70. The average molecular weight is 396 g/mol. The summed E-state index contributed by atoms with van der Waals surface area (Å²) in [5.41, 5.74) is 1.25. The topological polar surface area (TPSA) is 59.5 Å². The van der Waals surface area contributed by atoms with E-state index in [0.29, 0.717) is 18.0 Å². The Morgan fingerprint density at radius 2 is 1.69 bits per heavy atom. The average Bonchev–Trinajstić information content (AvgIpc) is 2.89. The first-order valence-corrected chi connectivity index (χ1v) is 10.7. The van der Waals surface area contributed by atoms with Gasteiger partial charge in [0.2, 0.25) is 5.95 Å². The molecule has 1 aliphatic carbocycles. The van der Waals surface area contributed by atoms with Gasteiger partial charge in [-0.2, -0.15) is 0 Å². The molecule has 2 heterocycles. The van der Waals surface area contributed by atoms with Gasteiger partial charge in [0.1, 0.15) is 0 Å². The summed E-state index contributed by atoms with van der Waals surface area (Å²) in [6.07, 6.45) is 6.65. The second-order valence-electron chi connectivity index (χ2n) is 9.71. The van der Waals surface area contributed by atoms with Crippen LogP contribution in [0.4, 0.5) is 5.95 Å². The minimum absolute atomic E-state index is 0.345. The number of aromatic nitrogens is 2. The smallest absolute Gasteiger partial charge is 0.399 e. The van der Waals surface area contributed by atoms with Crippen molar-refractivity contribution in [3.05, 3.63) is 24.4 Å². The fourth-order valence-corrected chi connectivity index (χ4v) is 4.17. The molecule has 7 heteroatoms. The van der Waals surface area contributed by atoms with Crippen molar-refractivity contribution in [1.29, 1.82) is 0 Å². The van der Waals surface area contributed by atoms with E-state index in [-0.39, 0.29) is 18.3 Å². The highest BCUT2D eigenvalue weighted by Gasteiger charge is 2.51. The summed E-state index contributed by atoms with van der Waals surface area (Å²) in [4.78, 5) is 11.6. The van der Waals surface area contributed by atoms with Crippen LogP contribution in [0.2, 0.25) is 0 Å². The molecule has 1 aliphatic heterocycles. The van der Waals surface area contributed by atoms with Crippen LogP contribution in [0.15, 0.2) is 24.4 Å². The Morgan fingerprint density at radius 1 is 1.03 bits per heavy atom. The maximum Gasteiger partial charge on any atom is 0.494 e. The molecule has 0 radical (unpaired) electrons. The molecule has 0 unspecified atom stereocenters. The van der Waals surface area contributed by atoms with Gasteiger partial charge < -0.3 is 19.5 Å². The molecule has 0 atom stereocenters. The SMILES string of the molecule is CN(C)C1CCC(Nc2ncc3cc(B4OC(C)(C)C(C)(C)O4)ccc3n2)CC1. The molecule has 2 aromatic rings. The van der Waals surface area contributed by atoms with Crippen molar-refractivity contribution in [3.63, 3.8) is 0 Å². The van der Waals surface area contributed by atoms with Crippen molar-refractivity contribution in [3.8, 4) is 0 Å². The van der Waals surface area contributed by atoms with Crippen LogP contribution < -0.4 is 10.8 Å². The van der Waals surface area contributed by atoms with Crippen LogP contribution in [0.3, 0.4) is 0 Å². The molecule has 0 spiro atoms. The van der Waals surface area contributed by atoms with E-state index in [1.54, 1.807) is 0 Å². The summed E-state index contributed by atoms with van der Waals surface area (Å²) in [6.45, 7) is 8.28. The number of hydrogen-bond donors (Lipinski definition) is 1. The summed E-state index contributed by atoms with van der Waals surface area (Å²) in [7, 11) is 3.97. The van der Waals surface area contributed by atoms with Gasteiger partial charge in [0.05, 0.1) is 16.7 Å². The van der Waals surface area contributed by atoms with E-state index in [9.17, 15) is 0 Å². The van der Waals surface area contributed by atoms with E-state index in [1.807, 2.05) is 18.3 Å². The van der Waals surface area contributed by atoms with Gasteiger partial charge >= 0.3 is 7.12 Å². The number of anilines is 1. The van der Waals surface area contributed by atoms with Crippen molar-refractivity contribution >= 4 is 29.4 Å². The maximum absolute atomic E-state index is 6.17. The Balaban J connectivity index is 1.46. The van der Waals surface area contributed by atoms with Crippen LogP contribution in [-0.4, -0.2) is 59.4 Å². The molecule has 0 amide bonds. The first-order chi connectivity index (χ1) is 13.6. The minimum atomic E-state index is -0.367. The molecule has 4 rings (SSSR count). The lowest BCUT2D eigenvalue weighted by Gasteiger charge is -2.32. The van der Waals surface area contributed by atoms with Gasteiger partial charge in [0.25, 0.3) is 0 Å². The highest BCUT2D eigenvalue weighted by atomic mass is 16.7. The van der Waals surface area contributed by atoms with Crippen LogP contribution in [0, 0.1) is 0 Å². The Labute approximate surface area is 174 Å². The lowest BCUT2D eigenvalue weighted by atomic mass is 9.78. The van der Waals surface area contributed by atoms with E-state index < -0.39 is 0 Å².